The van der Waals surface area contributed by atoms with E-state index in [0.29, 0.717) is 6.67 Å². The Hall–Kier alpha value is -7.57. The average molecular weight is 722 g/mol. The van der Waals surface area contributed by atoms with E-state index in [2.05, 4.69) is 201 Å². The minimum Gasteiger partial charge on any atom is -0.457 e. The lowest BCUT2D eigenvalue weighted by Gasteiger charge is -2.22. The molecule has 0 unspecified atom stereocenters. The molecule has 7 aromatic carbocycles. The molecular weight excluding hydrogens is 687 g/mol. The first-order valence-corrected chi connectivity index (χ1v) is 18.9. The van der Waals surface area contributed by atoms with E-state index in [-0.39, 0.29) is 0 Å². The summed E-state index contributed by atoms with van der Waals surface area (Å²) in [6.07, 6.45) is 4.09. The van der Waals surface area contributed by atoms with Gasteiger partial charge in [-0.2, -0.15) is 0 Å². The number of aromatic nitrogens is 3. The number of nitrogens with zero attached hydrogens (tertiary/aromatic N) is 5. The second-order valence-corrected chi connectivity index (χ2v) is 14.2. The van der Waals surface area contributed by atoms with Gasteiger partial charge in [0, 0.05) is 63.8 Å². The van der Waals surface area contributed by atoms with Crippen LogP contribution >= 0.6 is 0 Å². The number of hydrogen-bond donors (Lipinski definition) is 0. The van der Waals surface area contributed by atoms with Crippen LogP contribution in [-0.2, 0) is 0 Å². The van der Waals surface area contributed by atoms with Crippen LogP contribution in [0.1, 0.15) is 0 Å². The fourth-order valence-electron chi connectivity index (χ4n) is 8.19. The average Bonchev–Trinajstić information content (AvgIpc) is 3.96. The summed E-state index contributed by atoms with van der Waals surface area (Å²) >= 11 is 0. The van der Waals surface area contributed by atoms with Crippen LogP contribution in [0.4, 0.5) is 22.7 Å². The quantitative estimate of drug-likeness (QED) is 0.164. The zero-order chi connectivity index (χ0) is 37.0. The molecule has 0 spiro atoms. The van der Waals surface area contributed by atoms with Crippen LogP contribution in [0.3, 0.4) is 0 Å². The van der Waals surface area contributed by atoms with Crippen LogP contribution < -0.4 is 14.5 Å². The van der Waals surface area contributed by atoms with Crippen molar-refractivity contribution in [1.82, 2.24) is 14.1 Å². The van der Waals surface area contributed by atoms with Crippen LogP contribution in [0.2, 0.25) is 0 Å². The molecular formula is C50H35N5O. The summed E-state index contributed by atoms with van der Waals surface area (Å²) in [5.74, 6) is 2.37. The highest BCUT2D eigenvalue weighted by Gasteiger charge is 2.28. The van der Waals surface area contributed by atoms with E-state index >= 15 is 0 Å². The van der Waals surface area contributed by atoms with E-state index in [0.717, 1.165) is 72.8 Å². The van der Waals surface area contributed by atoms with Gasteiger partial charge in [0.05, 0.1) is 27.9 Å². The third-order valence-electron chi connectivity index (χ3n) is 10.8. The molecule has 0 saturated carbocycles. The van der Waals surface area contributed by atoms with E-state index in [4.69, 9.17) is 9.72 Å². The molecule has 0 aliphatic carbocycles. The van der Waals surface area contributed by atoms with Crippen molar-refractivity contribution in [2.45, 2.75) is 0 Å². The van der Waals surface area contributed by atoms with Gasteiger partial charge in [-0.3, -0.25) is 4.57 Å². The fraction of sp³-hybridized carbons (Fsp3) is 0.0200. The fourth-order valence-corrected chi connectivity index (χ4v) is 8.19. The topological polar surface area (TPSA) is 38.5 Å². The molecule has 11 rings (SSSR count). The van der Waals surface area contributed by atoms with Crippen molar-refractivity contribution < 1.29 is 4.74 Å². The van der Waals surface area contributed by atoms with Crippen LogP contribution in [0.5, 0.6) is 11.5 Å². The molecule has 266 valence electrons. The van der Waals surface area contributed by atoms with Gasteiger partial charge in [0.2, 0.25) is 0 Å². The van der Waals surface area contributed by atoms with Gasteiger partial charge in [0.25, 0.3) is 0 Å². The van der Waals surface area contributed by atoms with Crippen LogP contribution in [0.15, 0.2) is 200 Å². The summed E-state index contributed by atoms with van der Waals surface area (Å²) in [6.45, 7) is 0.703. The van der Waals surface area contributed by atoms with E-state index in [1.807, 2.05) is 18.3 Å². The maximum Gasteiger partial charge on any atom is 0.139 e. The highest BCUT2D eigenvalue weighted by molar-refractivity contribution is 6.11. The monoisotopic (exact) mass is 721 g/mol. The largest absolute Gasteiger partial charge is 0.457 e. The first-order chi connectivity index (χ1) is 27.7. The Bertz CT molecular complexity index is 3040. The van der Waals surface area contributed by atoms with E-state index in [1.165, 1.54) is 16.8 Å². The van der Waals surface area contributed by atoms with Crippen molar-refractivity contribution in [2.75, 3.05) is 16.5 Å². The normalized spacial score (nSPS) is 12.5. The second-order valence-electron chi connectivity index (χ2n) is 14.2. The maximum absolute atomic E-state index is 6.72. The molecule has 0 radical (unpaired) electrons. The van der Waals surface area contributed by atoms with E-state index in [9.17, 15) is 0 Å². The predicted molar refractivity (Wildman–Crippen MR) is 229 cm³/mol. The van der Waals surface area contributed by atoms with Crippen molar-refractivity contribution in [3.63, 3.8) is 0 Å². The van der Waals surface area contributed by atoms with Gasteiger partial charge < -0.3 is 19.1 Å². The molecule has 0 amide bonds. The molecule has 1 aliphatic heterocycles. The minimum absolute atomic E-state index is 0.703. The van der Waals surface area contributed by atoms with Crippen LogP contribution in [0, 0.1) is 0 Å². The van der Waals surface area contributed by atoms with Gasteiger partial charge in [-0.25, -0.2) is 4.98 Å². The Morgan fingerprint density at radius 1 is 0.446 bits per heavy atom. The summed E-state index contributed by atoms with van der Waals surface area (Å²) in [4.78, 5) is 9.74. The molecule has 0 atom stereocenters. The second kappa shape index (κ2) is 13.1. The van der Waals surface area contributed by atoms with Gasteiger partial charge in [0.1, 0.15) is 24.0 Å². The molecule has 0 bridgehead atoms. The smallest absolute Gasteiger partial charge is 0.139 e. The Balaban J connectivity index is 1.01. The summed E-state index contributed by atoms with van der Waals surface area (Å²) in [5, 5.41) is 3.38. The first kappa shape index (κ1) is 31.9. The third-order valence-corrected chi connectivity index (χ3v) is 10.8. The lowest BCUT2D eigenvalue weighted by atomic mass is 10.0. The highest BCUT2D eigenvalue weighted by atomic mass is 16.5. The molecule has 3 aromatic heterocycles. The van der Waals surface area contributed by atoms with Gasteiger partial charge in [0.15, 0.2) is 0 Å². The number of para-hydroxylation sites is 4. The number of benzene rings is 7. The molecule has 0 saturated heterocycles. The lowest BCUT2D eigenvalue weighted by Crippen LogP contribution is -2.23. The Morgan fingerprint density at radius 3 is 1.91 bits per heavy atom. The molecule has 6 nitrogen and oxygen atoms in total. The molecule has 6 heteroatoms. The number of rotatable bonds is 7. The zero-order valence-electron chi connectivity index (χ0n) is 30.4. The standard InChI is InChI=1S/C50H35N5O/c1-4-13-35(14-5-1)36-23-26-45-44(29-36)43-25-24-42(31-49(43)55(45)50-32-48-37(33-51-50)27-28-52(48)38-15-6-2-7-16-38)56-41-20-12-19-40(30-41)54-34-53(39-17-8-3-9-18-39)46-21-10-11-22-47(46)54/h1-33H,34H2. The van der Waals surface area contributed by atoms with E-state index in [1.54, 1.807) is 0 Å². The Kier molecular flexibility index (Phi) is 7.45. The van der Waals surface area contributed by atoms with Crippen molar-refractivity contribution >= 4 is 55.5 Å². The highest BCUT2D eigenvalue weighted by Crippen LogP contribution is 2.45. The van der Waals surface area contributed by atoms with Crippen LogP contribution in [-0.4, -0.2) is 20.8 Å². The molecule has 0 fully saturated rings. The third kappa shape index (κ3) is 5.38. The van der Waals surface area contributed by atoms with Gasteiger partial charge in [-0.05, 0) is 90.0 Å². The molecule has 1 aliphatic rings. The number of fused-ring (bicyclic) bond motifs is 5. The van der Waals surface area contributed by atoms with E-state index < -0.39 is 0 Å². The Morgan fingerprint density at radius 2 is 1.12 bits per heavy atom. The molecule has 56 heavy (non-hydrogen) atoms. The predicted octanol–water partition coefficient (Wildman–Crippen LogP) is 12.8. The van der Waals surface area contributed by atoms with Crippen molar-refractivity contribution in [2.24, 2.45) is 0 Å². The minimum atomic E-state index is 0.703. The number of anilines is 4. The van der Waals surface area contributed by atoms with Gasteiger partial charge in [-0.1, -0.05) is 91.0 Å². The van der Waals surface area contributed by atoms with Crippen molar-refractivity contribution in [3.8, 4) is 34.1 Å². The SMILES string of the molecule is c1ccc(-c2ccc3c(c2)c2ccc(Oc4cccc(N5CN(c6ccccc6)c6ccccc65)c4)cc2n3-c2cc3c(ccn3-c3ccccc3)cn2)cc1. The summed E-state index contributed by atoms with van der Waals surface area (Å²) in [5.41, 5.74) is 11.2. The zero-order valence-corrected chi connectivity index (χ0v) is 30.4. The molecule has 4 heterocycles. The van der Waals surface area contributed by atoms with Gasteiger partial charge >= 0.3 is 0 Å². The maximum atomic E-state index is 6.72. The lowest BCUT2D eigenvalue weighted by molar-refractivity contribution is 0.483. The van der Waals surface area contributed by atoms with Crippen molar-refractivity contribution in [1.29, 1.82) is 0 Å². The Labute approximate surface area is 324 Å². The summed E-state index contributed by atoms with van der Waals surface area (Å²) < 4.78 is 11.2. The van der Waals surface area contributed by atoms with Gasteiger partial charge in [-0.15, -0.1) is 0 Å². The molecule has 10 aromatic rings. The summed E-state index contributed by atoms with van der Waals surface area (Å²) in [7, 11) is 0. The summed E-state index contributed by atoms with van der Waals surface area (Å²) in [6, 6.07) is 65.9. The number of pyridine rings is 1. The number of ether oxygens (including phenoxy) is 1. The van der Waals surface area contributed by atoms with Crippen LogP contribution in [0.25, 0.3) is 55.3 Å². The first-order valence-electron chi connectivity index (χ1n) is 18.9. The van der Waals surface area contributed by atoms with Crippen molar-refractivity contribution in [3.05, 3.63) is 200 Å². The number of hydrogen-bond acceptors (Lipinski definition) is 4. The molecule has 0 N–H and O–H groups in total.